The molecule has 2 rings (SSSR count). The highest BCUT2D eigenvalue weighted by atomic mass is 16.5. The summed E-state index contributed by atoms with van der Waals surface area (Å²) in [6, 6.07) is 19.6. The molecule has 2 N–H and O–H groups in total. The summed E-state index contributed by atoms with van der Waals surface area (Å²) in [5, 5.41) is 19.4. The molecule has 0 aromatic heterocycles. The van der Waals surface area contributed by atoms with Gasteiger partial charge in [0.15, 0.2) is 0 Å². The Hall–Kier alpha value is -1.72. The quantitative estimate of drug-likeness (QED) is 0.707. The Morgan fingerprint density at radius 3 is 1.96 bits per heavy atom. The maximum absolute atomic E-state index is 10.2. The Morgan fingerprint density at radius 1 is 0.826 bits per heavy atom. The largest absolute Gasteiger partial charge is 0.396 e. The summed E-state index contributed by atoms with van der Waals surface area (Å²) in [5.41, 5.74) is 2.09. The van der Waals surface area contributed by atoms with E-state index in [1.807, 2.05) is 60.7 Å². The fourth-order valence-electron chi connectivity index (χ4n) is 2.27. The Morgan fingerprint density at radius 2 is 1.39 bits per heavy atom. The van der Waals surface area contributed by atoms with Crippen molar-refractivity contribution in [1.29, 1.82) is 0 Å². The van der Waals surface area contributed by atoms with Gasteiger partial charge in [-0.05, 0) is 17.5 Å². The van der Waals surface area contributed by atoms with Gasteiger partial charge in [0.25, 0.3) is 0 Å². The van der Waals surface area contributed by atoms with Crippen molar-refractivity contribution >= 4 is 0 Å². The van der Waals surface area contributed by atoms with Crippen LogP contribution >= 0.6 is 0 Å². The van der Waals surface area contributed by atoms with E-state index in [9.17, 15) is 5.11 Å². The van der Waals surface area contributed by atoms with E-state index in [1.165, 1.54) is 0 Å². The van der Waals surface area contributed by atoms with Crippen molar-refractivity contribution in [2.75, 3.05) is 13.2 Å². The van der Waals surface area contributed by atoms with Gasteiger partial charge >= 0.3 is 0 Å². The normalized spacial score (nSPS) is 13.7. The minimum Gasteiger partial charge on any atom is -0.396 e. The number of hydrogen-bond donors (Lipinski definition) is 2. The first-order valence-electron chi connectivity index (χ1n) is 7.85. The Kier molecular flexibility index (Phi) is 7.77. The SMILES string of the molecule is OCCC(OCc1ccccc1)C(O)COCc1ccccc1. The maximum atomic E-state index is 10.2. The minimum absolute atomic E-state index is 0.0325. The highest BCUT2D eigenvalue weighted by Gasteiger charge is 2.20. The maximum Gasteiger partial charge on any atom is 0.104 e. The smallest absolute Gasteiger partial charge is 0.104 e. The predicted octanol–water partition coefficient (Wildman–Crippen LogP) is 2.53. The number of benzene rings is 2. The van der Waals surface area contributed by atoms with Crippen LogP contribution in [0.25, 0.3) is 0 Å². The third kappa shape index (κ3) is 6.50. The second-order valence-electron chi connectivity index (χ2n) is 5.42. The number of ether oxygens (including phenoxy) is 2. The summed E-state index contributed by atoms with van der Waals surface area (Å²) in [7, 11) is 0. The van der Waals surface area contributed by atoms with Crippen LogP contribution in [0.3, 0.4) is 0 Å². The Labute approximate surface area is 137 Å². The molecule has 0 spiro atoms. The second-order valence-corrected chi connectivity index (χ2v) is 5.42. The molecular formula is C19H24O4. The van der Waals surface area contributed by atoms with Gasteiger partial charge in [0.2, 0.25) is 0 Å². The minimum atomic E-state index is -0.769. The molecule has 4 nitrogen and oxygen atoms in total. The van der Waals surface area contributed by atoms with Crippen LogP contribution in [-0.2, 0) is 22.7 Å². The van der Waals surface area contributed by atoms with Crippen LogP contribution in [0.5, 0.6) is 0 Å². The van der Waals surface area contributed by atoms with Gasteiger partial charge in [0.1, 0.15) is 6.10 Å². The zero-order valence-corrected chi connectivity index (χ0v) is 13.2. The number of rotatable bonds is 10. The van der Waals surface area contributed by atoms with Gasteiger partial charge < -0.3 is 19.7 Å². The van der Waals surface area contributed by atoms with Crippen LogP contribution in [0.1, 0.15) is 17.5 Å². The molecule has 0 bridgehead atoms. The first-order chi connectivity index (χ1) is 11.3. The van der Waals surface area contributed by atoms with E-state index in [0.29, 0.717) is 19.6 Å². The Balaban J connectivity index is 1.77. The molecule has 2 unspecified atom stereocenters. The predicted molar refractivity (Wildman–Crippen MR) is 88.8 cm³/mol. The van der Waals surface area contributed by atoms with E-state index < -0.39 is 12.2 Å². The van der Waals surface area contributed by atoms with Crippen molar-refractivity contribution in [3.63, 3.8) is 0 Å². The fraction of sp³-hybridized carbons (Fsp3) is 0.368. The molecule has 124 valence electrons. The van der Waals surface area contributed by atoms with Crippen LogP contribution in [0, 0.1) is 0 Å². The fourth-order valence-corrected chi connectivity index (χ4v) is 2.27. The van der Waals surface area contributed by atoms with Gasteiger partial charge in [-0.25, -0.2) is 0 Å². The molecule has 0 heterocycles. The average molecular weight is 316 g/mol. The lowest BCUT2D eigenvalue weighted by molar-refractivity contribution is -0.0876. The molecule has 23 heavy (non-hydrogen) atoms. The van der Waals surface area contributed by atoms with Crippen LogP contribution in [0.15, 0.2) is 60.7 Å². The van der Waals surface area contributed by atoms with Crippen molar-refractivity contribution < 1.29 is 19.7 Å². The number of aliphatic hydroxyl groups is 2. The summed E-state index contributed by atoms with van der Waals surface area (Å²) in [6.07, 6.45) is -0.839. The van der Waals surface area contributed by atoms with Crippen molar-refractivity contribution in [2.24, 2.45) is 0 Å². The van der Waals surface area contributed by atoms with Gasteiger partial charge in [-0.15, -0.1) is 0 Å². The highest BCUT2D eigenvalue weighted by molar-refractivity contribution is 5.14. The van der Waals surface area contributed by atoms with Crippen LogP contribution < -0.4 is 0 Å². The number of aliphatic hydroxyl groups excluding tert-OH is 2. The lowest BCUT2D eigenvalue weighted by atomic mass is 10.1. The van der Waals surface area contributed by atoms with E-state index >= 15 is 0 Å². The average Bonchev–Trinajstić information content (AvgIpc) is 2.60. The molecule has 0 radical (unpaired) electrons. The summed E-state index contributed by atoms with van der Waals surface area (Å²) in [6.45, 7) is 0.993. The zero-order chi connectivity index (χ0) is 16.3. The van der Waals surface area contributed by atoms with Crippen LogP contribution in [0.4, 0.5) is 0 Å². The molecule has 0 aliphatic carbocycles. The van der Waals surface area contributed by atoms with E-state index in [4.69, 9.17) is 14.6 Å². The molecular weight excluding hydrogens is 292 g/mol. The highest BCUT2D eigenvalue weighted by Crippen LogP contribution is 2.11. The van der Waals surface area contributed by atoms with Crippen molar-refractivity contribution in [2.45, 2.75) is 31.8 Å². The first-order valence-corrected chi connectivity index (χ1v) is 7.85. The van der Waals surface area contributed by atoms with Gasteiger partial charge in [0.05, 0.1) is 25.9 Å². The third-order valence-corrected chi connectivity index (χ3v) is 3.55. The summed E-state index contributed by atoms with van der Waals surface area (Å²) in [5.74, 6) is 0. The van der Waals surface area contributed by atoms with Gasteiger partial charge in [-0.1, -0.05) is 60.7 Å². The third-order valence-electron chi connectivity index (χ3n) is 3.55. The first kappa shape index (κ1) is 17.6. The second kappa shape index (κ2) is 10.1. The lowest BCUT2D eigenvalue weighted by Gasteiger charge is -2.23. The van der Waals surface area contributed by atoms with E-state index in [-0.39, 0.29) is 13.2 Å². The molecule has 0 fully saturated rings. The molecule has 4 heteroatoms. The van der Waals surface area contributed by atoms with Crippen LogP contribution in [0.2, 0.25) is 0 Å². The standard InChI is InChI=1S/C19H24O4/c20-12-11-19(23-14-17-9-5-2-6-10-17)18(21)15-22-13-16-7-3-1-4-8-16/h1-10,18-21H,11-15H2. The van der Waals surface area contributed by atoms with Gasteiger partial charge in [-0.3, -0.25) is 0 Å². The molecule has 0 aliphatic rings. The molecule has 0 amide bonds. The summed E-state index contributed by atoms with van der Waals surface area (Å²) in [4.78, 5) is 0. The summed E-state index contributed by atoms with van der Waals surface area (Å²) < 4.78 is 11.3. The van der Waals surface area contributed by atoms with E-state index in [2.05, 4.69) is 0 Å². The molecule has 2 atom stereocenters. The molecule has 0 aliphatic heterocycles. The van der Waals surface area contributed by atoms with Gasteiger partial charge in [-0.2, -0.15) is 0 Å². The topological polar surface area (TPSA) is 58.9 Å². The molecule has 0 saturated heterocycles. The van der Waals surface area contributed by atoms with Crippen molar-refractivity contribution in [1.82, 2.24) is 0 Å². The summed E-state index contributed by atoms with van der Waals surface area (Å²) >= 11 is 0. The van der Waals surface area contributed by atoms with Gasteiger partial charge in [0, 0.05) is 6.61 Å². The van der Waals surface area contributed by atoms with Crippen LogP contribution in [-0.4, -0.2) is 35.6 Å². The lowest BCUT2D eigenvalue weighted by Crippen LogP contribution is -2.33. The molecule has 0 saturated carbocycles. The monoisotopic (exact) mass is 316 g/mol. The zero-order valence-electron chi connectivity index (χ0n) is 13.2. The van der Waals surface area contributed by atoms with Crippen molar-refractivity contribution in [3.05, 3.63) is 71.8 Å². The van der Waals surface area contributed by atoms with E-state index in [1.54, 1.807) is 0 Å². The van der Waals surface area contributed by atoms with Crippen molar-refractivity contribution in [3.8, 4) is 0 Å². The number of hydrogen-bond acceptors (Lipinski definition) is 4. The molecule has 2 aromatic rings. The molecule has 2 aromatic carbocycles. The Bertz CT molecular complexity index is 530. The van der Waals surface area contributed by atoms with E-state index in [0.717, 1.165) is 11.1 Å².